The van der Waals surface area contributed by atoms with Crippen molar-refractivity contribution >= 4 is 32.6 Å². The Bertz CT molecular complexity index is 1030. The number of aryl methyl sites for hydroxylation is 2. The van der Waals surface area contributed by atoms with E-state index in [2.05, 4.69) is 15.0 Å². The molecule has 0 unspecified atom stereocenters. The molecule has 0 saturated carbocycles. The summed E-state index contributed by atoms with van der Waals surface area (Å²) in [6.45, 7) is 5.68. The van der Waals surface area contributed by atoms with Gasteiger partial charge in [-0.25, -0.2) is 13.8 Å². The quantitative estimate of drug-likeness (QED) is 0.634. The summed E-state index contributed by atoms with van der Waals surface area (Å²) in [5.41, 5.74) is 1.25. The van der Waals surface area contributed by atoms with Crippen LogP contribution in [-0.4, -0.2) is 65.0 Å². The van der Waals surface area contributed by atoms with Crippen molar-refractivity contribution < 1.29 is 18.3 Å². The molecule has 1 fully saturated rings. The number of morpholine rings is 1. The van der Waals surface area contributed by atoms with Crippen LogP contribution in [0.1, 0.15) is 16.1 Å². The summed E-state index contributed by atoms with van der Waals surface area (Å²) in [5.74, 6) is -1.67. The van der Waals surface area contributed by atoms with E-state index < -0.39 is 11.6 Å². The summed E-state index contributed by atoms with van der Waals surface area (Å²) in [5, 5.41) is 4.48. The Morgan fingerprint density at radius 3 is 2.76 bits per heavy atom. The highest BCUT2D eigenvalue weighted by atomic mass is 32.1. The lowest BCUT2D eigenvalue weighted by atomic mass is 10.2. The number of amides is 1. The standard InChI is InChI=1S/C19H21F2N5O2S/c1-12-11-22-24(2)17(12)18(27)26(4-3-25-5-7-28-8-6-25)19-23-16-14(21)9-13(20)10-15(16)29-19/h9-11H,3-8H2,1-2H3. The van der Waals surface area contributed by atoms with Crippen LogP contribution in [0.5, 0.6) is 0 Å². The van der Waals surface area contributed by atoms with Gasteiger partial charge in [-0.05, 0) is 18.6 Å². The molecule has 1 amide bonds. The van der Waals surface area contributed by atoms with Crippen molar-refractivity contribution in [2.45, 2.75) is 6.92 Å². The highest BCUT2D eigenvalue weighted by molar-refractivity contribution is 7.22. The van der Waals surface area contributed by atoms with Crippen LogP contribution in [0.15, 0.2) is 18.3 Å². The fraction of sp³-hybridized carbons (Fsp3) is 0.421. The highest BCUT2D eigenvalue weighted by Crippen LogP contribution is 2.32. The molecule has 7 nitrogen and oxygen atoms in total. The molecule has 10 heteroatoms. The fourth-order valence-electron chi connectivity index (χ4n) is 3.39. The van der Waals surface area contributed by atoms with Gasteiger partial charge in [-0.1, -0.05) is 11.3 Å². The number of halogens is 2. The first-order valence-corrected chi connectivity index (χ1v) is 10.1. The van der Waals surface area contributed by atoms with E-state index in [4.69, 9.17) is 4.74 Å². The van der Waals surface area contributed by atoms with E-state index in [-0.39, 0.29) is 11.4 Å². The maximum atomic E-state index is 14.2. The Hall–Kier alpha value is -2.43. The molecule has 0 N–H and O–H groups in total. The van der Waals surface area contributed by atoms with Crippen molar-refractivity contribution in [3.05, 3.63) is 41.2 Å². The second kappa shape index (κ2) is 8.13. The Balaban J connectivity index is 1.69. The van der Waals surface area contributed by atoms with Crippen LogP contribution in [0.3, 0.4) is 0 Å². The minimum atomic E-state index is -0.736. The molecule has 4 rings (SSSR count). The van der Waals surface area contributed by atoms with Gasteiger partial charge in [0.2, 0.25) is 0 Å². The number of anilines is 1. The molecule has 29 heavy (non-hydrogen) atoms. The predicted molar refractivity (Wildman–Crippen MR) is 106 cm³/mol. The molecular weight excluding hydrogens is 400 g/mol. The Morgan fingerprint density at radius 2 is 2.07 bits per heavy atom. The third-order valence-corrected chi connectivity index (χ3v) is 5.97. The normalized spacial score (nSPS) is 15.2. The minimum Gasteiger partial charge on any atom is -0.379 e. The van der Waals surface area contributed by atoms with Gasteiger partial charge in [0.25, 0.3) is 5.91 Å². The molecule has 0 bridgehead atoms. The van der Waals surface area contributed by atoms with Crippen LogP contribution >= 0.6 is 11.3 Å². The Kier molecular flexibility index (Phi) is 5.57. The summed E-state index contributed by atoms with van der Waals surface area (Å²) in [7, 11) is 1.70. The largest absolute Gasteiger partial charge is 0.379 e. The molecule has 1 aliphatic rings. The van der Waals surface area contributed by atoms with Gasteiger partial charge in [0.1, 0.15) is 17.0 Å². The van der Waals surface area contributed by atoms with Crippen molar-refractivity contribution in [2.75, 3.05) is 44.3 Å². The van der Waals surface area contributed by atoms with Gasteiger partial charge < -0.3 is 4.74 Å². The van der Waals surface area contributed by atoms with E-state index in [1.807, 2.05) is 6.92 Å². The molecule has 3 heterocycles. The van der Waals surface area contributed by atoms with E-state index >= 15 is 0 Å². The molecular formula is C19H21F2N5O2S. The van der Waals surface area contributed by atoms with Crippen LogP contribution in [0.2, 0.25) is 0 Å². The third-order valence-electron chi connectivity index (χ3n) is 4.95. The van der Waals surface area contributed by atoms with Crippen LogP contribution in [0.25, 0.3) is 10.2 Å². The van der Waals surface area contributed by atoms with Gasteiger partial charge in [0, 0.05) is 39.3 Å². The van der Waals surface area contributed by atoms with Crippen LogP contribution in [0, 0.1) is 18.6 Å². The number of benzene rings is 1. The lowest BCUT2D eigenvalue weighted by Gasteiger charge is -2.29. The fourth-order valence-corrected chi connectivity index (χ4v) is 4.42. The molecule has 3 aromatic rings. The average molecular weight is 421 g/mol. The van der Waals surface area contributed by atoms with E-state index in [9.17, 15) is 13.6 Å². The SMILES string of the molecule is Cc1cnn(C)c1C(=O)N(CCN1CCOCC1)c1nc2c(F)cc(F)cc2s1. The van der Waals surface area contributed by atoms with E-state index in [0.29, 0.717) is 41.8 Å². The van der Waals surface area contributed by atoms with Crippen molar-refractivity contribution in [1.29, 1.82) is 0 Å². The molecule has 2 aromatic heterocycles. The van der Waals surface area contributed by atoms with Crippen molar-refractivity contribution in [3.8, 4) is 0 Å². The molecule has 1 saturated heterocycles. The smallest absolute Gasteiger partial charge is 0.278 e. The van der Waals surface area contributed by atoms with Crippen LogP contribution in [0.4, 0.5) is 13.9 Å². The molecule has 0 aliphatic carbocycles. The Labute approximate surface area is 170 Å². The maximum Gasteiger partial charge on any atom is 0.278 e. The van der Waals surface area contributed by atoms with Crippen LogP contribution in [-0.2, 0) is 11.8 Å². The van der Waals surface area contributed by atoms with Gasteiger partial charge in [0.05, 0.1) is 24.1 Å². The summed E-state index contributed by atoms with van der Waals surface area (Å²) in [4.78, 5) is 21.4. The first kappa shape index (κ1) is 19.9. The number of hydrogen-bond donors (Lipinski definition) is 0. The molecule has 1 aromatic carbocycles. The first-order valence-electron chi connectivity index (χ1n) is 9.30. The zero-order valence-corrected chi connectivity index (χ0v) is 17.0. The Morgan fingerprint density at radius 1 is 1.31 bits per heavy atom. The number of carbonyl (C=O) groups excluding carboxylic acids is 1. The highest BCUT2D eigenvalue weighted by Gasteiger charge is 2.27. The second-order valence-corrected chi connectivity index (χ2v) is 7.95. The van der Waals surface area contributed by atoms with Gasteiger partial charge in [-0.2, -0.15) is 5.10 Å². The van der Waals surface area contributed by atoms with E-state index in [1.165, 1.54) is 15.6 Å². The van der Waals surface area contributed by atoms with Crippen LogP contribution < -0.4 is 4.90 Å². The zero-order valence-electron chi connectivity index (χ0n) is 16.2. The summed E-state index contributed by atoms with van der Waals surface area (Å²) >= 11 is 1.10. The van der Waals surface area contributed by atoms with Gasteiger partial charge in [-0.3, -0.25) is 19.3 Å². The van der Waals surface area contributed by atoms with Crippen molar-refractivity contribution in [3.63, 3.8) is 0 Å². The molecule has 0 radical (unpaired) electrons. The number of carbonyl (C=O) groups is 1. The predicted octanol–water partition coefficient (Wildman–Crippen LogP) is 2.60. The minimum absolute atomic E-state index is 0.0669. The van der Waals surface area contributed by atoms with Crippen molar-refractivity contribution in [2.24, 2.45) is 7.05 Å². The molecule has 1 aliphatic heterocycles. The molecule has 0 atom stereocenters. The van der Waals surface area contributed by atoms with E-state index in [0.717, 1.165) is 36.1 Å². The first-order chi connectivity index (χ1) is 13.9. The zero-order chi connectivity index (χ0) is 20.5. The summed E-state index contributed by atoms with van der Waals surface area (Å²) < 4.78 is 35.0. The molecule has 0 spiro atoms. The lowest BCUT2D eigenvalue weighted by molar-refractivity contribution is 0.0391. The average Bonchev–Trinajstić information content (AvgIpc) is 3.26. The second-order valence-electron chi connectivity index (χ2n) is 6.94. The molecule has 154 valence electrons. The van der Waals surface area contributed by atoms with Gasteiger partial charge in [-0.15, -0.1) is 0 Å². The number of thiazole rings is 1. The summed E-state index contributed by atoms with van der Waals surface area (Å²) in [6, 6.07) is 2.04. The number of hydrogen-bond acceptors (Lipinski definition) is 6. The lowest BCUT2D eigenvalue weighted by Crippen LogP contribution is -2.43. The van der Waals surface area contributed by atoms with Gasteiger partial charge >= 0.3 is 0 Å². The monoisotopic (exact) mass is 421 g/mol. The van der Waals surface area contributed by atoms with E-state index in [1.54, 1.807) is 13.2 Å². The number of ether oxygens (including phenoxy) is 1. The number of fused-ring (bicyclic) bond motifs is 1. The topological polar surface area (TPSA) is 63.5 Å². The summed E-state index contributed by atoms with van der Waals surface area (Å²) in [6.07, 6.45) is 1.63. The third kappa shape index (κ3) is 4.00. The van der Waals surface area contributed by atoms with Gasteiger partial charge in [0.15, 0.2) is 10.9 Å². The maximum absolute atomic E-state index is 14.2. The number of rotatable bonds is 5. The number of nitrogens with zero attached hydrogens (tertiary/aromatic N) is 5. The van der Waals surface area contributed by atoms with Crippen molar-refractivity contribution in [1.82, 2.24) is 19.7 Å². The number of aromatic nitrogens is 3.